The van der Waals surface area contributed by atoms with Crippen LogP contribution in [0.4, 0.5) is 0 Å². The number of aromatic nitrogens is 1. The molecule has 0 saturated heterocycles. The van der Waals surface area contributed by atoms with E-state index in [1.54, 1.807) is 13.2 Å². The lowest BCUT2D eigenvalue weighted by Crippen LogP contribution is -2.18. The van der Waals surface area contributed by atoms with Crippen LogP contribution < -0.4 is 15.8 Å². The maximum atomic E-state index is 10.9. The summed E-state index contributed by atoms with van der Waals surface area (Å²) in [4.78, 5) is 15.2. The van der Waals surface area contributed by atoms with E-state index in [-0.39, 0.29) is 5.91 Å². The molecule has 0 aliphatic heterocycles. The highest BCUT2D eigenvalue weighted by Gasteiger charge is 1.99. The third-order valence-corrected chi connectivity index (χ3v) is 2.29. The molecule has 0 aliphatic rings. The van der Waals surface area contributed by atoms with Crippen molar-refractivity contribution in [1.29, 1.82) is 0 Å². The van der Waals surface area contributed by atoms with E-state index in [1.165, 1.54) is 0 Å². The fourth-order valence-corrected chi connectivity index (χ4v) is 1.34. The molecule has 1 heterocycles. The summed E-state index contributed by atoms with van der Waals surface area (Å²) in [6.45, 7) is 1.12. The third-order valence-electron chi connectivity index (χ3n) is 2.29. The average molecular weight is 237 g/mol. The van der Waals surface area contributed by atoms with Crippen LogP contribution >= 0.6 is 0 Å². The number of carbonyl (C=O) groups is 1. The number of nitrogens with two attached hydrogens (primary N) is 1. The highest BCUT2D eigenvalue weighted by molar-refractivity contribution is 5.75. The van der Waals surface area contributed by atoms with Crippen LogP contribution in [0.1, 0.15) is 18.5 Å². The van der Waals surface area contributed by atoms with Crippen molar-refractivity contribution in [3.8, 4) is 5.75 Å². The van der Waals surface area contributed by atoms with E-state index in [2.05, 4.69) is 10.3 Å². The minimum absolute atomic E-state index is 0.0324. The Morgan fingerprint density at radius 3 is 2.94 bits per heavy atom. The third kappa shape index (κ3) is 5.31. The molecule has 1 aromatic rings. The highest BCUT2D eigenvalue weighted by Crippen LogP contribution is 2.09. The number of hydrogen-bond donors (Lipinski definition) is 2. The van der Waals surface area contributed by atoms with Gasteiger partial charge in [0.15, 0.2) is 0 Å². The van der Waals surface area contributed by atoms with Crippen LogP contribution in [0.15, 0.2) is 18.3 Å². The SMILES string of the molecule is CNC(=O)CCCOc1ccc(CCN)nc1. The normalized spacial score (nSPS) is 10.0. The molecule has 0 unspecified atom stereocenters. The highest BCUT2D eigenvalue weighted by atomic mass is 16.5. The second-order valence-electron chi connectivity index (χ2n) is 3.65. The van der Waals surface area contributed by atoms with Crippen molar-refractivity contribution in [3.63, 3.8) is 0 Å². The Balaban J connectivity index is 2.25. The van der Waals surface area contributed by atoms with Crippen LogP contribution in [-0.4, -0.2) is 31.1 Å². The molecule has 0 radical (unpaired) electrons. The van der Waals surface area contributed by atoms with Crippen LogP contribution in [-0.2, 0) is 11.2 Å². The zero-order chi connectivity index (χ0) is 12.5. The Bertz CT molecular complexity index is 338. The second kappa shape index (κ2) is 7.62. The van der Waals surface area contributed by atoms with E-state index in [9.17, 15) is 4.79 Å². The molecule has 0 fully saturated rings. The van der Waals surface area contributed by atoms with Gasteiger partial charge in [0, 0.05) is 25.6 Å². The van der Waals surface area contributed by atoms with E-state index in [1.807, 2.05) is 12.1 Å². The van der Waals surface area contributed by atoms with Gasteiger partial charge < -0.3 is 15.8 Å². The topological polar surface area (TPSA) is 77.2 Å². The first kappa shape index (κ1) is 13.4. The molecule has 1 aromatic heterocycles. The van der Waals surface area contributed by atoms with Crippen molar-refractivity contribution < 1.29 is 9.53 Å². The van der Waals surface area contributed by atoms with Crippen LogP contribution in [0.25, 0.3) is 0 Å². The van der Waals surface area contributed by atoms with Crippen LogP contribution in [0, 0.1) is 0 Å². The Hall–Kier alpha value is -1.62. The number of rotatable bonds is 7. The minimum atomic E-state index is 0.0324. The second-order valence-corrected chi connectivity index (χ2v) is 3.65. The van der Waals surface area contributed by atoms with Gasteiger partial charge in [-0.25, -0.2) is 0 Å². The first-order valence-corrected chi connectivity index (χ1v) is 5.74. The molecule has 0 aliphatic carbocycles. The molecule has 0 aromatic carbocycles. The van der Waals surface area contributed by atoms with Gasteiger partial charge in [0.2, 0.25) is 5.91 Å². The van der Waals surface area contributed by atoms with Crippen molar-refractivity contribution in [2.45, 2.75) is 19.3 Å². The predicted octanol–water partition coefficient (Wildman–Crippen LogP) is 0.488. The van der Waals surface area contributed by atoms with Crippen molar-refractivity contribution >= 4 is 5.91 Å². The largest absolute Gasteiger partial charge is 0.492 e. The lowest BCUT2D eigenvalue weighted by Gasteiger charge is -2.06. The average Bonchev–Trinajstić information content (AvgIpc) is 2.36. The first-order valence-electron chi connectivity index (χ1n) is 5.74. The van der Waals surface area contributed by atoms with Gasteiger partial charge in [-0.15, -0.1) is 0 Å². The molecular weight excluding hydrogens is 218 g/mol. The number of nitrogens with one attached hydrogen (secondary N) is 1. The van der Waals surface area contributed by atoms with Crippen LogP contribution in [0.5, 0.6) is 5.75 Å². The summed E-state index contributed by atoms with van der Waals surface area (Å²) in [6, 6.07) is 3.78. The molecule has 0 spiro atoms. The zero-order valence-electron chi connectivity index (χ0n) is 10.1. The van der Waals surface area contributed by atoms with Gasteiger partial charge in [0.25, 0.3) is 0 Å². The van der Waals surface area contributed by atoms with E-state index >= 15 is 0 Å². The monoisotopic (exact) mass is 237 g/mol. The summed E-state index contributed by atoms with van der Waals surface area (Å²) >= 11 is 0. The van der Waals surface area contributed by atoms with Gasteiger partial charge in [0.05, 0.1) is 12.8 Å². The van der Waals surface area contributed by atoms with Crippen molar-refractivity contribution in [2.24, 2.45) is 5.73 Å². The molecule has 0 saturated carbocycles. The molecule has 0 bridgehead atoms. The van der Waals surface area contributed by atoms with E-state index in [0.29, 0.717) is 26.0 Å². The fourth-order valence-electron chi connectivity index (χ4n) is 1.34. The van der Waals surface area contributed by atoms with E-state index in [0.717, 1.165) is 17.9 Å². The van der Waals surface area contributed by atoms with Crippen LogP contribution in [0.2, 0.25) is 0 Å². The number of carbonyl (C=O) groups excluding carboxylic acids is 1. The van der Waals surface area contributed by atoms with Crippen molar-refractivity contribution in [2.75, 3.05) is 20.2 Å². The summed E-state index contributed by atoms with van der Waals surface area (Å²) in [5.74, 6) is 0.757. The quantitative estimate of drug-likeness (QED) is 0.676. The molecule has 94 valence electrons. The summed E-state index contributed by atoms with van der Waals surface area (Å²) in [6.07, 6.45) is 3.64. The zero-order valence-corrected chi connectivity index (χ0v) is 10.1. The smallest absolute Gasteiger partial charge is 0.219 e. The van der Waals surface area contributed by atoms with Crippen LogP contribution in [0.3, 0.4) is 0 Å². The Kier molecular flexibility index (Phi) is 6.03. The Morgan fingerprint density at radius 2 is 2.35 bits per heavy atom. The molecule has 1 amide bonds. The number of ether oxygens (including phenoxy) is 1. The fraction of sp³-hybridized carbons (Fsp3) is 0.500. The Labute approximate surface area is 101 Å². The minimum Gasteiger partial charge on any atom is -0.492 e. The maximum absolute atomic E-state index is 10.9. The molecule has 0 atom stereocenters. The number of pyridine rings is 1. The van der Waals surface area contributed by atoms with E-state index < -0.39 is 0 Å². The van der Waals surface area contributed by atoms with Crippen molar-refractivity contribution in [3.05, 3.63) is 24.0 Å². The summed E-state index contributed by atoms with van der Waals surface area (Å²) in [5.41, 5.74) is 6.39. The van der Waals surface area contributed by atoms with Gasteiger partial charge in [0.1, 0.15) is 5.75 Å². The summed E-state index contributed by atoms with van der Waals surface area (Å²) < 4.78 is 5.46. The van der Waals surface area contributed by atoms with Gasteiger partial charge in [-0.1, -0.05) is 0 Å². The van der Waals surface area contributed by atoms with Gasteiger partial charge in [-0.3, -0.25) is 9.78 Å². The molecule has 17 heavy (non-hydrogen) atoms. The van der Waals surface area contributed by atoms with Gasteiger partial charge in [-0.2, -0.15) is 0 Å². The Morgan fingerprint density at radius 1 is 1.53 bits per heavy atom. The standard InChI is InChI=1S/C12H19N3O2/c1-14-12(16)3-2-8-17-11-5-4-10(6-7-13)15-9-11/h4-5,9H,2-3,6-8,13H2,1H3,(H,14,16). The number of hydrogen-bond acceptors (Lipinski definition) is 4. The molecule has 1 rings (SSSR count). The lowest BCUT2D eigenvalue weighted by molar-refractivity contribution is -0.120. The van der Waals surface area contributed by atoms with Gasteiger partial charge >= 0.3 is 0 Å². The number of nitrogens with zero attached hydrogens (tertiary/aromatic N) is 1. The molecular formula is C12H19N3O2. The molecule has 3 N–H and O–H groups in total. The molecule has 5 nitrogen and oxygen atoms in total. The molecule has 5 heteroatoms. The van der Waals surface area contributed by atoms with Gasteiger partial charge in [-0.05, 0) is 25.1 Å². The maximum Gasteiger partial charge on any atom is 0.219 e. The number of amides is 1. The lowest BCUT2D eigenvalue weighted by atomic mass is 10.3. The van der Waals surface area contributed by atoms with Crippen molar-refractivity contribution in [1.82, 2.24) is 10.3 Å². The van der Waals surface area contributed by atoms with E-state index in [4.69, 9.17) is 10.5 Å². The predicted molar refractivity (Wildman–Crippen MR) is 65.8 cm³/mol. The first-order chi connectivity index (χ1) is 8.26. The summed E-state index contributed by atoms with van der Waals surface area (Å²) in [7, 11) is 1.63. The summed E-state index contributed by atoms with van der Waals surface area (Å²) in [5, 5.41) is 2.57.